The van der Waals surface area contributed by atoms with Gasteiger partial charge >= 0.3 is 5.97 Å². The first-order valence-corrected chi connectivity index (χ1v) is 11.3. The molecule has 0 spiro atoms. The second-order valence-corrected chi connectivity index (χ2v) is 8.96. The lowest BCUT2D eigenvalue weighted by atomic mass is 10.1. The summed E-state index contributed by atoms with van der Waals surface area (Å²) in [6.07, 6.45) is 1.72. The molecule has 7 nitrogen and oxygen atoms in total. The zero-order chi connectivity index (χ0) is 21.7. The average molecular weight is 432 g/mol. The van der Waals surface area contributed by atoms with Gasteiger partial charge in [0.05, 0.1) is 17.1 Å². The fourth-order valence-electron chi connectivity index (χ4n) is 3.27. The largest absolute Gasteiger partial charge is 0.493 e. The van der Waals surface area contributed by atoms with Crippen LogP contribution >= 0.6 is 0 Å². The highest BCUT2D eigenvalue weighted by Crippen LogP contribution is 2.23. The van der Waals surface area contributed by atoms with Crippen molar-refractivity contribution in [2.24, 2.45) is 0 Å². The van der Waals surface area contributed by atoms with Crippen LogP contribution in [0.2, 0.25) is 0 Å². The molecule has 0 saturated carbocycles. The van der Waals surface area contributed by atoms with Gasteiger partial charge in [0.25, 0.3) is 0 Å². The third-order valence-electron chi connectivity index (χ3n) is 4.92. The van der Waals surface area contributed by atoms with E-state index in [0.717, 1.165) is 12.8 Å². The molecule has 30 heavy (non-hydrogen) atoms. The van der Waals surface area contributed by atoms with Crippen LogP contribution in [0.15, 0.2) is 47.4 Å². The predicted octanol–water partition coefficient (Wildman–Crippen LogP) is 3.43. The van der Waals surface area contributed by atoms with E-state index in [0.29, 0.717) is 36.6 Å². The Hall–Kier alpha value is -2.71. The molecule has 8 heteroatoms. The Morgan fingerprint density at radius 3 is 2.23 bits per heavy atom. The van der Waals surface area contributed by atoms with Crippen molar-refractivity contribution in [2.45, 2.75) is 38.2 Å². The number of carbonyl (C=O) groups excluding carboxylic acids is 2. The molecule has 0 aromatic heterocycles. The SMILES string of the molecule is CCOc1ccc(C(C)=O)cc1COC(=O)c1ccc(S(=O)(=O)N2CCCC2)cc1. The molecule has 0 radical (unpaired) electrons. The van der Waals surface area contributed by atoms with Crippen molar-refractivity contribution >= 4 is 21.8 Å². The molecule has 2 aromatic carbocycles. The van der Waals surface area contributed by atoms with Gasteiger partial charge in [0, 0.05) is 24.2 Å². The van der Waals surface area contributed by atoms with Crippen molar-refractivity contribution in [2.75, 3.05) is 19.7 Å². The first-order valence-electron chi connectivity index (χ1n) is 9.87. The fraction of sp³-hybridized carbons (Fsp3) is 0.364. The standard InChI is InChI=1S/C22H25NO6S/c1-3-28-21-11-8-18(16(2)24)14-19(21)15-29-22(25)17-6-9-20(10-7-17)30(26,27)23-12-4-5-13-23/h6-11,14H,3-5,12-13,15H2,1-2H3. The molecule has 1 heterocycles. The van der Waals surface area contributed by atoms with Crippen molar-refractivity contribution in [3.05, 3.63) is 59.2 Å². The van der Waals surface area contributed by atoms with Gasteiger partial charge in [-0.15, -0.1) is 0 Å². The number of hydrogen-bond donors (Lipinski definition) is 0. The summed E-state index contributed by atoms with van der Waals surface area (Å²) >= 11 is 0. The average Bonchev–Trinajstić information content (AvgIpc) is 3.29. The third kappa shape index (κ3) is 4.88. The molecule has 0 atom stereocenters. The summed E-state index contributed by atoms with van der Waals surface area (Å²) in [5.41, 5.74) is 1.34. The highest BCUT2D eigenvalue weighted by molar-refractivity contribution is 7.89. The number of carbonyl (C=O) groups is 2. The molecule has 0 N–H and O–H groups in total. The number of rotatable bonds is 8. The van der Waals surface area contributed by atoms with E-state index in [1.54, 1.807) is 18.2 Å². The zero-order valence-electron chi connectivity index (χ0n) is 17.1. The minimum absolute atomic E-state index is 0.0664. The van der Waals surface area contributed by atoms with Crippen LogP contribution in [0.5, 0.6) is 5.75 Å². The monoisotopic (exact) mass is 431 g/mol. The van der Waals surface area contributed by atoms with Gasteiger partial charge in [0.1, 0.15) is 12.4 Å². The topological polar surface area (TPSA) is 90.0 Å². The molecule has 1 fully saturated rings. The van der Waals surface area contributed by atoms with E-state index in [1.807, 2.05) is 6.92 Å². The molecular formula is C22H25NO6S. The maximum absolute atomic E-state index is 12.6. The summed E-state index contributed by atoms with van der Waals surface area (Å²) in [7, 11) is -3.53. The number of hydrogen-bond acceptors (Lipinski definition) is 6. The molecule has 0 unspecified atom stereocenters. The Morgan fingerprint density at radius 1 is 1.00 bits per heavy atom. The lowest BCUT2D eigenvalue weighted by Crippen LogP contribution is -2.27. The van der Waals surface area contributed by atoms with Crippen molar-refractivity contribution < 1.29 is 27.5 Å². The number of esters is 1. The van der Waals surface area contributed by atoms with Gasteiger partial charge in [-0.2, -0.15) is 4.31 Å². The molecule has 0 bridgehead atoms. The van der Waals surface area contributed by atoms with E-state index in [1.165, 1.54) is 35.5 Å². The van der Waals surface area contributed by atoms with Gasteiger partial charge in [-0.3, -0.25) is 4.79 Å². The number of ketones is 1. The summed E-state index contributed by atoms with van der Waals surface area (Å²) in [4.78, 5) is 24.2. The Labute approximate surface area is 176 Å². The first-order chi connectivity index (χ1) is 14.3. The summed E-state index contributed by atoms with van der Waals surface area (Å²) < 4.78 is 37.5. The number of Topliss-reactive ketones (excluding diaryl/α,β-unsaturated/α-hetero) is 1. The van der Waals surface area contributed by atoms with Crippen LogP contribution in [0.3, 0.4) is 0 Å². The highest BCUT2D eigenvalue weighted by Gasteiger charge is 2.27. The Kier molecular flexibility index (Phi) is 6.89. The van der Waals surface area contributed by atoms with E-state index in [2.05, 4.69) is 0 Å². The maximum atomic E-state index is 12.6. The van der Waals surface area contributed by atoms with Gasteiger partial charge in [0.15, 0.2) is 5.78 Å². The van der Waals surface area contributed by atoms with Gasteiger partial charge < -0.3 is 9.47 Å². The van der Waals surface area contributed by atoms with Crippen molar-refractivity contribution in [1.29, 1.82) is 0 Å². The second-order valence-electron chi connectivity index (χ2n) is 7.02. The summed E-state index contributed by atoms with van der Waals surface area (Å²) in [5, 5.41) is 0. The molecule has 160 valence electrons. The minimum atomic E-state index is -3.53. The van der Waals surface area contributed by atoms with Gasteiger partial charge in [-0.05, 0) is 69.2 Å². The normalized spacial score (nSPS) is 14.5. The van der Waals surface area contributed by atoms with Gasteiger partial charge in [-0.25, -0.2) is 13.2 Å². The lowest BCUT2D eigenvalue weighted by molar-refractivity contribution is 0.0469. The van der Waals surface area contributed by atoms with Crippen LogP contribution in [-0.2, 0) is 21.4 Å². The van der Waals surface area contributed by atoms with Gasteiger partial charge in [0.2, 0.25) is 10.0 Å². The van der Waals surface area contributed by atoms with Crippen molar-refractivity contribution in [1.82, 2.24) is 4.31 Å². The van der Waals surface area contributed by atoms with Crippen LogP contribution in [0.4, 0.5) is 0 Å². The predicted molar refractivity (Wildman–Crippen MR) is 111 cm³/mol. The third-order valence-corrected chi connectivity index (χ3v) is 6.83. The van der Waals surface area contributed by atoms with Gasteiger partial charge in [-0.1, -0.05) is 0 Å². The van der Waals surface area contributed by atoms with Crippen LogP contribution < -0.4 is 4.74 Å². The summed E-state index contributed by atoms with van der Waals surface area (Å²) in [5.74, 6) is -0.140. The molecule has 1 aliphatic heterocycles. The number of nitrogens with zero attached hydrogens (tertiary/aromatic N) is 1. The van der Waals surface area contributed by atoms with Crippen molar-refractivity contribution in [3.63, 3.8) is 0 Å². The first kappa shape index (κ1) is 22.0. The molecule has 1 saturated heterocycles. The second kappa shape index (κ2) is 9.40. The summed E-state index contributed by atoms with van der Waals surface area (Å²) in [6.45, 7) is 4.72. The minimum Gasteiger partial charge on any atom is -0.493 e. The Balaban J connectivity index is 1.71. The van der Waals surface area contributed by atoms with Crippen LogP contribution in [0.25, 0.3) is 0 Å². The van der Waals surface area contributed by atoms with Crippen LogP contribution in [-0.4, -0.2) is 44.2 Å². The van der Waals surface area contributed by atoms with Crippen LogP contribution in [0.1, 0.15) is 53.0 Å². The number of benzene rings is 2. The van der Waals surface area contributed by atoms with E-state index < -0.39 is 16.0 Å². The number of sulfonamides is 1. The number of ether oxygens (including phenoxy) is 2. The molecule has 0 aliphatic carbocycles. The van der Waals surface area contributed by atoms with E-state index in [4.69, 9.17) is 9.47 Å². The van der Waals surface area contributed by atoms with E-state index in [-0.39, 0.29) is 22.8 Å². The van der Waals surface area contributed by atoms with E-state index >= 15 is 0 Å². The smallest absolute Gasteiger partial charge is 0.338 e. The lowest BCUT2D eigenvalue weighted by Gasteiger charge is -2.15. The van der Waals surface area contributed by atoms with Crippen LogP contribution in [0, 0.1) is 0 Å². The molecule has 0 amide bonds. The summed E-state index contributed by atoms with van der Waals surface area (Å²) in [6, 6.07) is 10.7. The molecule has 1 aliphatic rings. The fourth-order valence-corrected chi connectivity index (χ4v) is 4.79. The maximum Gasteiger partial charge on any atom is 0.338 e. The van der Waals surface area contributed by atoms with Crippen molar-refractivity contribution in [3.8, 4) is 5.75 Å². The zero-order valence-corrected chi connectivity index (χ0v) is 17.9. The Bertz CT molecular complexity index is 1020. The molecule has 3 rings (SSSR count). The molecule has 2 aromatic rings. The van der Waals surface area contributed by atoms with E-state index in [9.17, 15) is 18.0 Å². The Morgan fingerprint density at radius 2 is 1.63 bits per heavy atom. The quantitative estimate of drug-likeness (QED) is 0.470. The molecular weight excluding hydrogens is 406 g/mol. The highest BCUT2D eigenvalue weighted by atomic mass is 32.2.